The van der Waals surface area contributed by atoms with E-state index in [9.17, 15) is 0 Å². The Labute approximate surface area is 318 Å². The first-order valence-electron chi connectivity index (χ1n) is 16.9. The van der Waals surface area contributed by atoms with E-state index in [1.807, 2.05) is 32.0 Å². The van der Waals surface area contributed by atoms with Crippen molar-refractivity contribution in [2.24, 2.45) is 0 Å². The predicted octanol–water partition coefficient (Wildman–Crippen LogP) is 11.5. The van der Waals surface area contributed by atoms with Crippen LogP contribution in [-0.2, 0) is 12.8 Å². The Morgan fingerprint density at radius 2 is 1.18 bits per heavy atom. The van der Waals surface area contributed by atoms with E-state index in [0.29, 0.717) is 32.2 Å². The van der Waals surface area contributed by atoms with Gasteiger partial charge in [0.2, 0.25) is 0 Å². The molecule has 0 fully saturated rings. The van der Waals surface area contributed by atoms with Crippen LogP contribution in [0.15, 0.2) is 34.8 Å². The summed E-state index contributed by atoms with van der Waals surface area (Å²) in [4.78, 5) is 22.7. The Morgan fingerprint density at radius 1 is 0.673 bits per heavy atom. The van der Waals surface area contributed by atoms with Gasteiger partial charge in [-0.3, -0.25) is 0 Å². The molecular weight excluding hydrogens is 766 g/mol. The Bertz CT molecular complexity index is 1800. The van der Waals surface area contributed by atoms with Gasteiger partial charge in [-0.25, -0.2) is 19.9 Å². The van der Waals surface area contributed by atoms with Gasteiger partial charge in [0.1, 0.15) is 33.6 Å². The summed E-state index contributed by atoms with van der Waals surface area (Å²) in [7, 11) is 0. The molecule has 2 aromatic carbocycles. The summed E-state index contributed by atoms with van der Waals surface area (Å²) < 4.78 is 0.865. The SMILES string of the molecule is CCC(CC)Nc1cc(N2CCc3cc(Cl)cc(Cl)c32)nc(C)n1.CCC(CC)Nc1nc(C)nc(N2CCc3cc(Cl)cc(Cl)c32)c1Br. The number of nitrogens with one attached hydrogen (secondary N) is 2. The van der Waals surface area contributed by atoms with Crippen molar-refractivity contribution in [3.05, 3.63) is 77.7 Å². The van der Waals surface area contributed by atoms with Gasteiger partial charge in [-0.1, -0.05) is 74.1 Å². The van der Waals surface area contributed by atoms with Gasteiger partial charge < -0.3 is 20.4 Å². The molecule has 6 rings (SSSR count). The second-order valence-corrected chi connectivity index (χ2v) is 14.8. The lowest BCUT2D eigenvalue weighted by Crippen LogP contribution is -2.21. The molecule has 2 aromatic heterocycles. The molecule has 49 heavy (non-hydrogen) atoms. The van der Waals surface area contributed by atoms with Crippen LogP contribution in [0.1, 0.15) is 76.2 Å². The van der Waals surface area contributed by atoms with Gasteiger partial charge in [0.05, 0.1) is 21.4 Å². The first kappa shape index (κ1) is 37.7. The minimum absolute atomic E-state index is 0.381. The quantitative estimate of drug-likeness (QED) is 0.164. The highest BCUT2D eigenvalue weighted by Gasteiger charge is 2.29. The summed E-state index contributed by atoms with van der Waals surface area (Å²) in [5.74, 6) is 4.88. The van der Waals surface area contributed by atoms with Crippen molar-refractivity contribution in [3.8, 4) is 0 Å². The third kappa shape index (κ3) is 8.67. The van der Waals surface area contributed by atoms with Crippen LogP contribution in [0.5, 0.6) is 0 Å². The van der Waals surface area contributed by atoms with Crippen LogP contribution in [-0.4, -0.2) is 45.1 Å². The number of hydrogen-bond acceptors (Lipinski definition) is 8. The normalized spacial score (nSPS) is 13.5. The molecule has 4 heterocycles. The number of benzene rings is 2. The molecule has 13 heteroatoms. The smallest absolute Gasteiger partial charge is 0.153 e. The highest BCUT2D eigenvalue weighted by molar-refractivity contribution is 9.10. The largest absolute Gasteiger partial charge is 0.367 e. The lowest BCUT2D eigenvalue weighted by molar-refractivity contribution is 0.667. The summed E-state index contributed by atoms with van der Waals surface area (Å²) in [5, 5.41) is 9.68. The Morgan fingerprint density at radius 3 is 1.76 bits per heavy atom. The van der Waals surface area contributed by atoms with Crippen LogP contribution in [0.4, 0.5) is 34.6 Å². The molecule has 2 N–H and O–H groups in total. The molecular formula is C36H43BrCl4N8. The molecule has 0 radical (unpaired) electrons. The number of fused-ring (bicyclic) bond motifs is 2. The topological polar surface area (TPSA) is 82.1 Å². The Balaban J connectivity index is 0.000000191. The van der Waals surface area contributed by atoms with Crippen molar-refractivity contribution in [3.63, 3.8) is 0 Å². The van der Waals surface area contributed by atoms with E-state index in [2.05, 4.69) is 84.0 Å². The van der Waals surface area contributed by atoms with E-state index in [1.54, 1.807) is 12.1 Å². The van der Waals surface area contributed by atoms with E-state index in [1.165, 1.54) is 5.56 Å². The van der Waals surface area contributed by atoms with E-state index < -0.39 is 0 Å². The van der Waals surface area contributed by atoms with Crippen molar-refractivity contribution in [1.29, 1.82) is 0 Å². The highest BCUT2D eigenvalue weighted by Crippen LogP contribution is 2.45. The standard InChI is InChI=1S/C18H21BrCl2N4.C18H22Cl2N4/c1-4-13(5-2)24-17-15(19)18(23-10(3)22-17)25-7-6-11-8-12(20)9-14(21)16(11)25;1-4-14(5-2)23-16-10-17(22-11(3)21-16)24-7-6-12-8-13(19)9-15(20)18(12)24/h8-9,13H,4-7H2,1-3H3,(H,22,23,24);8-10,14H,4-7H2,1-3H3,(H,21,22,23). The molecule has 8 nitrogen and oxygen atoms in total. The molecule has 4 aromatic rings. The zero-order valence-corrected chi connectivity index (χ0v) is 33.4. The van der Waals surface area contributed by atoms with Crippen LogP contribution in [0.25, 0.3) is 0 Å². The van der Waals surface area contributed by atoms with Crippen LogP contribution >= 0.6 is 62.3 Å². The Hall–Kier alpha value is -2.56. The highest BCUT2D eigenvalue weighted by atomic mass is 79.9. The minimum atomic E-state index is 0.381. The number of rotatable bonds is 10. The van der Waals surface area contributed by atoms with Crippen LogP contribution in [0.2, 0.25) is 20.1 Å². The maximum absolute atomic E-state index is 6.48. The fraction of sp³-hybridized carbons (Fsp3) is 0.444. The molecule has 0 amide bonds. The zero-order valence-electron chi connectivity index (χ0n) is 28.8. The fourth-order valence-electron chi connectivity index (χ4n) is 6.32. The van der Waals surface area contributed by atoms with E-state index in [-0.39, 0.29) is 0 Å². The minimum Gasteiger partial charge on any atom is -0.367 e. The maximum Gasteiger partial charge on any atom is 0.153 e. The fourth-order valence-corrected chi connectivity index (χ4v) is 8.11. The Kier molecular flexibility index (Phi) is 12.8. The molecule has 0 unspecified atom stereocenters. The number of hydrogen-bond donors (Lipinski definition) is 2. The molecule has 2 aliphatic heterocycles. The van der Waals surface area contributed by atoms with E-state index >= 15 is 0 Å². The first-order valence-corrected chi connectivity index (χ1v) is 19.2. The van der Waals surface area contributed by atoms with E-state index in [0.717, 1.165) is 108 Å². The second-order valence-electron chi connectivity index (χ2n) is 12.3. The van der Waals surface area contributed by atoms with Gasteiger partial charge in [0, 0.05) is 41.3 Å². The molecule has 0 saturated carbocycles. The van der Waals surface area contributed by atoms with E-state index in [4.69, 9.17) is 46.4 Å². The number of nitrogens with zero attached hydrogens (tertiary/aromatic N) is 6. The molecule has 2 aliphatic rings. The summed E-state index contributed by atoms with van der Waals surface area (Å²) in [6, 6.07) is 10.3. The molecule has 0 aliphatic carbocycles. The van der Waals surface area contributed by atoms with Gasteiger partial charge >= 0.3 is 0 Å². The summed E-state index contributed by atoms with van der Waals surface area (Å²) in [5.41, 5.74) is 4.31. The molecule has 262 valence electrons. The van der Waals surface area contributed by atoms with Gasteiger partial charge in [-0.15, -0.1) is 0 Å². The summed E-state index contributed by atoms with van der Waals surface area (Å²) >= 11 is 28.9. The monoisotopic (exact) mass is 806 g/mol. The average molecular weight is 810 g/mol. The lowest BCUT2D eigenvalue weighted by Gasteiger charge is -2.24. The van der Waals surface area contributed by atoms with Crippen molar-refractivity contribution in [2.75, 3.05) is 33.5 Å². The molecule has 0 spiro atoms. The number of halogens is 5. The zero-order chi connectivity index (χ0) is 35.4. The third-order valence-corrected chi connectivity index (χ3v) is 10.7. The van der Waals surface area contributed by atoms with Crippen molar-refractivity contribution in [2.45, 2.75) is 92.2 Å². The van der Waals surface area contributed by atoms with Crippen molar-refractivity contribution >= 4 is 97.0 Å². The van der Waals surface area contributed by atoms with Crippen LogP contribution in [0, 0.1) is 13.8 Å². The summed E-state index contributed by atoms with van der Waals surface area (Å²) in [6.45, 7) is 14.2. The number of anilines is 6. The summed E-state index contributed by atoms with van der Waals surface area (Å²) in [6.07, 6.45) is 6.00. The van der Waals surface area contributed by atoms with Gasteiger partial charge in [0.25, 0.3) is 0 Å². The van der Waals surface area contributed by atoms with Crippen LogP contribution in [0.3, 0.4) is 0 Å². The second kappa shape index (κ2) is 16.6. The van der Waals surface area contributed by atoms with Crippen molar-refractivity contribution in [1.82, 2.24) is 19.9 Å². The molecule has 0 bridgehead atoms. The van der Waals surface area contributed by atoms with Gasteiger partial charge in [-0.2, -0.15) is 0 Å². The third-order valence-electron chi connectivity index (χ3n) is 8.93. The number of aromatic nitrogens is 4. The lowest BCUT2D eigenvalue weighted by atomic mass is 10.1. The van der Waals surface area contributed by atoms with Crippen LogP contribution < -0.4 is 20.4 Å². The molecule has 0 atom stereocenters. The van der Waals surface area contributed by atoms with Gasteiger partial charge in [-0.05, 0) is 104 Å². The predicted molar refractivity (Wildman–Crippen MR) is 212 cm³/mol. The van der Waals surface area contributed by atoms with Gasteiger partial charge in [0.15, 0.2) is 5.82 Å². The average Bonchev–Trinajstić information content (AvgIpc) is 3.69. The number of aryl methyl sites for hydroxylation is 2. The molecule has 0 saturated heterocycles. The first-order chi connectivity index (χ1) is 23.5. The maximum atomic E-state index is 6.48. The van der Waals surface area contributed by atoms with Crippen molar-refractivity contribution < 1.29 is 0 Å².